The molecule has 1 unspecified atom stereocenters. The van der Waals surface area contributed by atoms with E-state index in [1.807, 2.05) is 18.7 Å². The Morgan fingerprint density at radius 1 is 1.10 bits per heavy atom. The van der Waals surface area contributed by atoms with Crippen LogP contribution in [0.15, 0.2) is 47.1 Å². The predicted octanol–water partition coefficient (Wildman–Crippen LogP) is 2.29. The van der Waals surface area contributed by atoms with Gasteiger partial charge in [-0.25, -0.2) is 0 Å². The number of nitro benzene ring substituents is 1. The number of anilines is 1. The van der Waals surface area contributed by atoms with Gasteiger partial charge in [0.25, 0.3) is 11.6 Å². The number of piperazine rings is 1. The van der Waals surface area contributed by atoms with Gasteiger partial charge < -0.3 is 19.5 Å². The minimum Gasteiger partial charge on any atom is -0.459 e. The number of benzene rings is 1. The van der Waals surface area contributed by atoms with Crippen LogP contribution in [0.4, 0.5) is 11.4 Å². The van der Waals surface area contributed by atoms with Crippen LogP contribution in [-0.2, 0) is 4.79 Å². The van der Waals surface area contributed by atoms with E-state index in [0.717, 1.165) is 0 Å². The van der Waals surface area contributed by atoms with E-state index >= 15 is 0 Å². The van der Waals surface area contributed by atoms with Crippen molar-refractivity contribution in [1.29, 1.82) is 0 Å². The molecule has 2 amide bonds. The predicted molar refractivity (Wildman–Crippen MR) is 107 cm³/mol. The molecule has 2 aromatic rings. The van der Waals surface area contributed by atoms with E-state index < -0.39 is 16.9 Å². The minimum absolute atomic E-state index is 0.0537. The van der Waals surface area contributed by atoms with Crippen LogP contribution in [0, 0.1) is 16.0 Å². The van der Waals surface area contributed by atoms with E-state index in [1.54, 1.807) is 35.2 Å². The summed E-state index contributed by atoms with van der Waals surface area (Å²) in [5.74, 6) is -0.540. The highest BCUT2D eigenvalue weighted by molar-refractivity contribution is 5.95. The Morgan fingerprint density at radius 2 is 1.79 bits per heavy atom. The fourth-order valence-electron chi connectivity index (χ4n) is 3.38. The molecule has 9 heteroatoms. The van der Waals surface area contributed by atoms with Crippen molar-refractivity contribution in [2.24, 2.45) is 5.92 Å². The van der Waals surface area contributed by atoms with Crippen molar-refractivity contribution in [3.05, 3.63) is 58.5 Å². The van der Waals surface area contributed by atoms with Crippen molar-refractivity contribution >= 4 is 23.2 Å². The first-order valence-corrected chi connectivity index (χ1v) is 9.50. The van der Waals surface area contributed by atoms with E-state index in [4.69, 9.17) is 4.42 Å². The Hall–Kier alpha value is -3.36. The number of hydrogen-bond acceptors (Lipinski definition) is 6. The number of carbonyl (C=O) groups excluding carboxylic acids is 2. The number of rotatable bonds is 6. The van der Waals surface area contributed by atoms with Crippen LogP contribution in [0.2, 0.25) is 0 Å². The largest absolute Gasteiger partial charge is 0.459 e. The molecule has 1 saturated heterocycles. The van der Waals surface area contributed by atoms with Gasteiger partial charge in [-0.15, -0.1) is 0 Å². The van der Waals surface area contributed by atoms with E-state index in [1.165, 1.54) is 12.3 Å². The molecule has 29 heavy (non-hydrogen) atoms. The van der Waals surface area contributed by atoms with Crippen molar-refractivity contribution in [3.63, 3.8) is 0 Å². The highest BCUT2D eigenvalue weighted by Gasteiger charge is 2.32. The van der Waals surface area contributed by atoms with Gasteiger partial charge in [0.15, 0.2) is 5.76 Å². The van der Waals surface area contributed by atoms with Gasteiger partial charge in [-0.1, -0.05) is 26.0 Å². The molecule has 2 heterocycles. The lowest BCUT2D eigenvalue weighted by atomic mass is 10.0. The first kappa shape index (κ1) is 20.4. The molecule has 0 saturated carbocycles. The maximum Gasteiger partial charge on any atom is 0.292 e. The molecule has 3 rings (SSSR count). The third-order valence-corrected chi connectivity index (χ3v) is 4.97. The molecule has 0 radical (unpaired) electrons. The van der Waals surface area contributed by atoms with Crippen molar-refractivity contribution in [2.45, 2.75) is 19.9 Å². The van der Waals surface area contributed by atoms with Crippen LogP contribution in [0.25, 0.3) is 0 Å². The quantitative estimate of drug-likeness (QED) is 0.589. The number of nitrogens with zero attached hydrogens (tertiary/aromatic N) is 3. The zero-order valence-corrected chi connectivity index (χ0v) is 16.4. The molecule has 1 aromatic carbocycles. The smallest absolute Gasteiger partial charge is 0.292 e. The average Bonchev–Trinajstić information content (AvgIpc) is 3.26. The number of carbonyl (C=O) groups is 2. The molecular formula is C20H24N4O5. The number of nitrogens with one attached hydrogen (secondary N) is 1. The lowest BCUT2D eigenvalue weighted by Crippen LogP contribution is -2.56. The summed E-state index contributed by atoms with van der Waals surface area (Å²) in [4.78, 5) is 39.8. The van der Waals surface area contributed by atoms with Gasteiger partial charge in [0.05, 0.1) is 11.2 Å². The third kappa shape index (κ3) is 4.56. The summed E-state index contributed by atoms with van der Waals surface area (Å²) in [6.07, 6.45) is 1.41. The first-order valence-electron chi connectivity index (χ1n) is 9.50. The lowest BCUT2D eigenvalue weighted by molar-refractivity contribution is -0.384. The van der Waals surface area contributed by atoms with Crippen LogP contribution < -0.4 is 10.2 Å². The van der Waals surface area contributed by atoms with Crippen LogP contribution in [0.1, 0.15) is 24.4 Å². The second-order valence-corrected chi connectivity index (χ2v) is 7.23. The molecule has 1 atom stereocenters. The lowest BCUT2D eigenvalue weighted by Gasteiger charge is -2.38. The molecule has 1 N–H and O–H groups in total. The van der Waals surface area contributed by atoms with E-state index in [0.29, 0.717) is 31.9 Å². The van der Waals surface area contributed by atoms with Gasteiger partial charge in [-0.2, -0.15) is 0 Å². The summed E-state index contributed by atoms with van der Waals surface area (Å²) < 4.78 is 5.10. The summed E-state index contributed by atoms with van der Waals surface area (Å²) in [5.41, 5.74) is 0.606. The van der Waals surface area contributed by atoms with E-state index in [9.17, 15) is 19.7 Å². The Morgan fingerprint density at radius 3 is 2.38 bits per heavy atom. The van der Waals surface area contributed by atoms with Crippen LogP contribution in [-0.4, -0.2) is 53.9 Å². The molecule has 0 spiro atoms. The molecule has 1 aliphatic rings. The van der Waals surface area contributed by atoms with Crippen LogP contribution in [0.5, 0.6) is 0 Å². The standard InChI is InChI=1S/C20H24N4O5/c1-14(2)18(21-19(25)17-8-5-13-29-17)20(26)23-11-9-22(10-12-23)15-6-3-4-7-16(15)24(27)28/h3-8,13-14,18H,9-12H2,1-2H3,(H,21,25). The van der Waals surface area contributed by atoms with Crippen LogP contribution in [0.3, 0.4) is 0 Å². The molecule has 154 valence electrons. The minimum atomic E-state index is -0.676. The number of furan rings is 1. The van der Waals surface area contributed by atoms with Gasteiger partial charge >= 0.3 is 0 Å². The van der Waals surface area contributed by atoms with Crippen molar-refractivity contribution in [2.75, 3.05) is 31.1 Å². The topological polar surface area (TPSA) is 109 Å². The summed E-state index contributed by atoms with van der Waals surface area (Å²) in [6.45, 7) is 5.54. The number of nitro groups is 1. The summed E-state index contributed by atoms with van der Waals surface area (Å²) in [5, 5.41) is 14.0. The summed E-state index contributed by atoms with van der Waals surface area (Å²) in [7, 11) is 0. The number of amides is 2. The zero-order valence-electron chi connectivity index (χ0n) is 16.4. The van der Waals surface area contributed by atoms with Crippen LogP contribution >= 0.6 is 0 Å². The van der Waals surface area contributed by atoms with Crippen molar-refractivity contribution < 1.29 is 18.9 Å². The van der Waals surface area contributed by atoms with Gasteiger partial charge in [0, 0.05) is 32.2 Å². The molecule has 0 aliphatic carbocycles. The fraction of sp³-hybridized carbons (Fsp3) is 0.400. The SMILES string of the molecule is CC(C)C(NC(=O)c1ccco1)C(=O)N1CCN(c2ccccc2[N+](=O)[O-])CC1. The first-order chi connectivity index (χ1) is 13.9. The highest BCUT2D eigenvalue weighted by Crippen LogP contribution is 2.28. The van der Waals surface area contributed by atoms with Crippen molar-refractivity contribution in [1.82, 2.24) is 10.2 Å². The Balaban J connectivity index is 1.65. The fourth-order valence-corrected chi connectivity index (χ4v) is 3.38. The average molecular weight is 400 g/mol. The molecular weight excluding hydrogens is 376 g/mol. The summed E-state index contributed by atoms with van der Waals surface area (Å²) in [6, 6.07) is 9.08. The molecule has 1 aromatic heterocycles. The second kappa shape index (κ2) is 8.76. The molecule has 0 bridgehead atoms. The number of para-hydroxylation sites is 2. The molecule has 1 fully saturated rings. The maximum absolute atomic E-state index is 13.0. The maximum atomic E-state index is 13.0. The van der Waals surface area contributed by atoms with Crippen molar-refractivity contribution in [3.8, 4) is 0 Å². The van der Waals surface area contributed by atoms with Gasteiger partial charge in [0.2, 0.25) is 5.91 Å². The van der Waals surface area contributed by atoms with E-state index in [2.05, 4.69) is 5.32 Å². The summed E-state index contributed by atoms with van der Waals surface area (Å²) >= 11 is 0. The highest BCUT2D eigenvalue weighted by atomic mass is 16.6. The van der Waals surface area contributed by atoms with Gasteiger partial charge in [-0.05, 0) is 24.1 Å². The number of hydrogen-bond donors (Lipinski definition) is 1. The third-order valence-electron chi connectivity index (χ3n) is 4.97. The molecule has 9 nitrogen and oxygen atoms in total. The van der Waals surface area contributed by atoms with Gasteiger partial charge in [0.1, 0.15) is 11.7 Å². The Labute approximate surface area is 168 Å². The Bertz CT molecular complexity index is 873. The molecule has 1 aliphatic heterocycles. The monoisotopic (exact) mass is 400 g/mol. The Kier molecular flexibility index (Phi) is 6.16. The van der Waals surface area contributed by atoms with Gasteiger partial charge in [-0.3, -0.25) is 19.7 Å². The zero-order chi connectivity index (χ0) is 21.0. The van der Waals surface area contributed by atoms with E-state index in [-0.39, 0.29) is 23.3 Å². The normalized spacial score (nSPS) is 15.3. The second-order valence-electron chi connectivity index (χ2n) is 7.23.